The third kappa shape index (κ3) is 3.31. The summed E-state index contributed by atoms with van der Waals surface area (Å²) in [5.74, 6) is 0. The van der Waals surface area contributed by atoms with Crippen molar-refractivity contribution in [2.24, 2.45) is 0 Å². The van der Waals surface area contributed by atoms with Crippen LogP contribution in [0.1, 0.15) is 19.4 Å². The molecule has 1 aromatic carbocycles. The van der Waals surface area contributed by atoms with E-state index >= 15 is 0 Å². The van der Waals surface area contributed by atoms with E-state index in [1.807, 2.05) is 6.92 Å². The molecule has 0 saturated carbocycles. The van der Waals surface area contributed by atoms with Crippen LogP contribution in [0.15, 0.2) is 12.1 Å². The van der Waals surface area contributed by atoms with Crippen LogP contribution in [0, 0.1) is 6.92 Å². The van der Waals surface area contributed by atoms with E-state index < -0.39 is 6.09 Å². The van der Waals surface area contributed by atoms with Crippen molar-refractivity contribution < 1.29 is 9.53 Å². The van der Waals surface area contributed by atoms with Crippen molar-refractivity contribution in [2.75, 3.05) is 11.1 Å². The van der Waals surface area contributed by atoms with Crippen LogP contribution in [-0.4, -0.2) is 12.2 Å². The first-order valence-electron chi connectivity index (χ1n) is 4.93. The molecule has 4 nitrogen and oxygen atoms in total. The predicted molar refractivity (Wildman–Crippen MR) is 65.8 cm³/mol. The van der Waals surface area contributed by atoms with Gasteiger partial charge in [-0.25, -0.2) is 4.79 Å². The molecular weight excluding hydrogens is 228 g/mol. The second-order valence-corrected chi connectivity index (χ2v) is 4.17. The minimum absolute atomic E-state index is 0.162. The first-order chi connectivity index (χ1) is 7.40. The number of nitrogens with two attached hydrogens (primary N) is 1. The number of amides is 1. The molecule has 0 aliphatic carbocycles. The van der Waals surface area contributed by atoms with E-state index in [1.54, 1.807) is 26.0 Å². The number of carbonyl (C=O) groups excluding carboxylic acids is 1. The Labute approximate surface area is 99.7 Å². The van der Waals surface area contributed by atoms with Crippen LogP contribution in [0.5, 0.6) is 0 Å². The smallest absolute Gasteiger partial charge is 0.411 e. The van der Waals surface area contributed by atoms with Crippen LogP contribution in [0.25, 0.3) is 0 Å². The molecular formula is C11H15ClN2O2. The van der Waals surface area contributed by atoms with Crippen LogP contribution in [0.3, 0.4) is 0 Å². The van der Waals surface area contributed by atoms with E-state index in [0.29, 0.717) is 16.4 Å². The van der Waals surface area contributed by atoms with Crippen LogP contribution in [0.4, 0.5) is 16.2 Å². The average Bonchev–Trinajstić information content (AvgIpc) is 2.12. The summed E-state index contributed by atoms with van der Waals surface area (Å²) in [5, 5.41) is 3.02. The standard InChI is InChI=1S/C11H15ClN2O2/c1-6(2)16-11(15)14-10-5-8(12)9(13)4-7(10)3/h4-6H,13H2,1-3H3,(H,14,15). The Balaban J connectivity index is 2.81. The Hall–Kier alpha value is -1.42. The first-order valence-corrected chi connectivity index (χ1v) is 5.31. The van der Waals surface area contributed by atoms with Gasteiger partial charge >= 0.3 is 6.09 Å². The lowest BCUT2D eigenvalue weighted by molar-refractivity contribution is 0.130. The third-order valence-corrected chi connectivity index (χ3v) is 2.25. The van der Waals surface area contributed by atoms with Gasteiger partial charge in [0, 0.05) is 5.69 Å². The van der Waals surface area contributed by atoms with Crippen molar-refractivity contribution in [3.63, 3.8) is 0 Å². The second kappa shape index (κ2) is 5.07. The number of halogens is 1. The number of benzene rings is 1. The highest BCUT2D eigenvalue weighted by Gasteiger charge is 2.09. The lowest BCUT2D eigenvalue weighted by Crippen LogP contribution is -2.18. The molecule has 0 spiro atoms. The van der Waals surface area contributed by atoms with Crippen molar-refractivity contribution in [2.45, 2.75) is 26.9 Å². The number of nitrogen functional groups attached to an aromatic ring is 1. The molecule has 3 N–H and O–H groups in total. The Morgan fingerprint density at radius 1 is 1.50 bits per heavy atom. The number of aryl methyl sites for hydroxylation is 1. The molecule has 0 aromatic heterocycles. The summed E-state index contributed by atoms with van der Waals surface area (Å²) in [4.78, 5) is 11.4. The first kappa shape index (κ1) is 12.6. The summed E-state index contributed by atoms with van der Waals surface area (Å²) in [6.07, 6.45) is -0.663. The lowest BCUT2D eigenvalue weighted by atomic mass is 10.2. The molecule has 1 rings (SSSR count). The van der Waals surface area contributed by atoms with E-state index in [-0.39, 0.29) is 6.10 Å². The fourth-order valence-electron chi connectivity index (χ4n) is 1.19. The van der Waals surface area contributed by atoms with Gasteiger partial charge in [0.1, 0.15) is 0 Å². The number of hydrogen-bond acceptors (Lipinski definition) is 3. The van der Waals surface area contributed by atoms with Gasteiger partial charge in [-0.2, -0.15) is 0 Å². The Morgan fingerprint density at radius 3 is 2.69 bits per heavy atom. The summed E-state index contributed by atoms with van der Waals surface area (Å²) in [6, 6.07) is 3.31. The monoisotopic (exact) mass is 242 g/mol. The average molecular weight is 243 g/mol. The maximum absolute atomic E-state index is 11.4. The highest BCUT2D eigenvalue weighted by molar-refractivity contribution is 6.33. The molecule has 88 valence electrons. The van der Waals surface area contributed by atoms with Gasteiger partial charge in [-0.1, -0.05) is 11.6 Å². The SMILES string of the molecule is Cc1cc(N)c(Cl)cc1NC(=O)OC(C)C. The van der Waals surface area contributed by atoms with Crippen LogP contribution in [0.2, 0.25) is 5.02 Å². The molecule has 0 aliphatic heterocycles. The van der Waals surface area contributed by atoms with E-state index in [0.717, 1.165) is 5.56 Å². The largest absolute Gasteiger partial charge is 0.447 e. The third-order valence-electron chi connectivity index (χ3n) is 1.92. The van der Waals surface area contributed by atoms with Crippen molar-refractivity contribution in [3.05, 3.63) is 22.7 Å². The molecule has 5 heteroatoms. The molecule has 0 unspecified atom stereocenters. The van der Waals surface area contributed by atoms with Gasteiger partial charge in [-0.05, 0) is 38.5 Å². The van der Waals surface area contributed by atoms with Crippen LogP contribution >= 0.6 is 11.6 Å². The Bertz CT molecular complexity index is 405. The molecule has 0 fully saturated rings. The van der Waals surface area contributed by atoms with E-state index in [4.69, 9.17) is 22.1 Å². The molecule has 0 radical (unpaired) electrons. The fraction of sp³-hybridized carbons (Fsp3) is 0.364. The highest BCUT2D eigenvalue weighted by atomic mass is 35.5. The number of rotatable bonds is 2. The van der Waals surface area contributed by atoms with Gasteiger partial charge < -0.3 is 10.5 Å². The molecule has 0 aliphatic rings. The topological polar surface area (TPSA) is 64.3 Å². The van der Waals surface area contributed by atoms with Crippen molar-refractivity contribution in [3.8, 4) is 0 Å². The van der Waals surface area contributed by atoms with Gasteiger partial charge in [0.05, 0.1) is 16.8 Å². The molecule has 0 atom stereocenters. The fourth-order valence-corrected chi connectivity index (χ4v) is 1.36. The zero-order valence-corrected chi connectivity index (χ0v) is 10.3. The Morgan fingerprint density at radius 2 is 2.12 bits per heavy atom. The van der Waals surface area contributed by atoms with Gasteiger partial charge in [0.25, 0.3) is 0 Å². The quantitative estimate of drug-likeness (QED) is 0.783. The summed E-state index contributed by atoms with van der Waals surface area (Å²) in [7, 11) is 0. The van der Waals surface area contributed by atoms with Gasteiger partial charge in [0.2, 0.25) is 0 Å². The van der Waals surface area contributed by atoms with Gasteiger partial charge in [-0.3, -0.25) is 5.32 Å². The number of hydrogen-bond donors (Lipinski definition) is 2. The van der Waals surface area contributed by atoms with E-state index in [1.165, 1.54) is 0 Å². The summed E-state index contributed by atoms with van der Waals surface area (Å²) >= 11 is 5.86. The number of anilines is 2. The molecule has 0 heterocycles. The van der Waals surface area contributed by atoms with Crippen molar-refractivity contribution in [1.82, 2.24) is 0 Å². The molecule has 16 heavy (non-hydrogen) atoms. The molecule has 0 saturated heterocycles. The number of nitrogens with one attached hydrogen (secondary N) is 1. The van der Waals surface area contributed by atoms with Gasteiger partial charge in [0.15, 0.2) is 0 Å². The number of carbonyl (C=O) groups is 1. The van der Waals surface area contributed by atoms with Crippen molar-refractivity contribution >= 4 is 29.1 Å². The van der Waals surface area contributed by atoms with Gasteiger partial charge in [-0.15, -0.1) is 0 Å². The normalized spacial score (nSPS) is 10.3. The zero-order valence-electron chi connectivity index (χ0n) is 9.50. The predicted octanol–water partition coefficient (Wildman–Crippen LogP) is 3.19. The maximum atomic E-state index is 11.4. The van der Waals surface area contributed by atoms with Crippen LogP contribution < -0.4 is 11.1 Å². The zero-order chi connectivity index (χ0) is 12.3. The minimum atomic E-state index is -0.501. The summed E-state index contributed by atoms with van der Waals surface area (Å²) in [6.45, 7) is 5.39. The van der Waals surface area contributed by atoms with Crippen molar-refractivity contribution in [1.29, 1.82) is 0 Å². The summed E-state index contributed by atoms with van der Waals surface area (Å²) < 4.78 is 4.95. The summed E-state index contributed by atoms with van der Waals surface area (Å²) in [5.41, 5.74) is 7.55. The molecule has 1 aromatic rings. The highest BCUT2D eigenvalue weighted by Crippen LogP contribution is 2.26. The Kier molecular flexibility index (Phi) is 4.01. The molecule has 1 amide bonds. The van der Waals surface area contributed by atoms with E-state index in [2.05, 4.69) is 5.32 Å². The van der Waals surface area contributed by atoms with E-state index in [9.17, 15) is 4.79 Å². The minimum Gasteiger partial charge on any atom is -0.447 e. The molecule has 0 bridgehead atoms. The van der Waals surface area contributed by atoms with Crippen LogP contribution in [-0.2, 0) is 4.74 Å². The maximum Gasteiger partial charge on any atom is 0.411 e. The lowest BCUT2D eigenvalue weighted by Gasteiger charge is -2.12. The second-order valence-electron chi connectivity index (χ2n) is 3.77. The number of ether oxygens (including phenoxy) is 1.